The Labute approximate surface area is 94.1 Å². The van der Waals surface area contributed by atoms with Crippen molar-refractivity contribution in [2.45, 2.75) is 4.34 Å². The van der Waals surface area contributed by atoms with Gasteiger partial charge in [-0.2, -0.15) is 0 Å². The summed E-state index contributed by atoms with van der Waals surface area (Å²) in [7, 11) is 0. The summed E-state index contributed by atoms with van der Waals surface area (Å²) in [5, 5.41) is 8.53. The quantitative estimate of drug-likeness (QED) is 0.634. The Balaban J connectivity index is 2.27. The van der Waals surface area contributed by atoms with Gasteiger partial charge in [0.25, 0.3) is 0 Å². The average molecular weight is 240 g/mol. The Bertz CT molecular complexity index is 510. The van der Waals surface area contributed by atoms with Crippen LogP contribution >= 0.6 is 23.1 Å². The summed E-state index contributed by atoms with van der Waals surface area (Å²) in [5.41, 5.74) is 7.11. The van der Waals surface area contributed by atoms with Gasteiger partial charge in [-0.15, -0.1) is 11.3 Å². The molecule has 0 aliphatic carbocycles. The zero-order valence-electron chi connectivity index (χ0n) is 7.64. The molecule has 4 nitrogen and oxygen atoms in total. The van der Waals surface area contributed by atoms with E-state index in [2.05, 4.69) is 4.98 Å². The number of nitrogens with zero attached hydrogens (tertiary/aromatic N) is 1. The normalized spacial score (nSPS) is 10.7. The number of carbonyl (C=O) groups is 1. The molecule has 3 N–H and O–H groups in total. The number of aromatic nitrogens is 1. The number of carboxylic acids is 1. The molecular formula is C9H8N2O2S2. The molecule has 0 fully saturated rings. The fourth-order valence-corrected chi connectivity index (χ4v) is 2.88. The molecule has 1 aromatic carbocycles. The first kappa shape index (κ1) is 10.3. The van der Waals surface area contributed by atoms with Gasteiger partial charge in [-0.1, -0.05) is 11.8 Å². The molecule has 0 aliphatic rings. The summed E-state index contributed by atoms with van der Waals surface area (Å²) in [6.45, 7) is 0. The van der Waals surface area contributed by atoms with Crippen LogP contribution < -0.4 is 5.73 Å². The summed E-state index contributed by atoms with van der Waals surface area (Å²) in [5.74, 6) is -0.797. The number of hydrogen-bond donors (Lipinski definition) is 2. The first-order valence-electron chi connectivity index (χ1n) is 4.16. The van der Waals surface area contributed by atoms with Crippen molar-refractivity contribution in [2.75, 3.05) is 11.5 Å². The van der Waals surface area contributed by atoms with Crippen molar-refractivity contribution >= 4 is 45.0 Å². The van der Waals surface area contributed by atoms with Crippen molar-refractivity contribution in [1.82, 2.24) is 4.98 Å². The fourth-order valence-electron chi connectivity index (χ4n) is 1.11. The number of aliphatic carboxylic acids is 1. The number of thiazole rings is 1. The molecule has 0 saturated carbocycles. The van der Waals surface area contributed by atoms with Gasteiger partial charge >= 0.3 is 5.97 Å². The van der Waals surface area contributed by atoms with E-state index in [0.717, 1.165) is 14.6 Å². The van der Waals surface area contributed by atoms with Crippen molar-refractivity contribution in [3.63, 3.8) is 0 Å². The van der Waals surface area contributed by atoms with Gasteiger partial charge in [0.05, 0.1) is 16.0 Å². The minimum absolute atomic E-state index is 0.0370. The number of carboxylic acid groups (broad SMARTS) is 1. The van der Waals surface area contributed by atoms with Crippen molar-refractivity contribution in [1.29, 1.82) is 0 Å². The van der Waals surface area contributed by atoms with E-state index in [1.54, 1.807) is 6.07 Å². The molecule has 15 heavy (non-hydrogen) atoms. The highest BCUT2D eigenvalue weighted by atomic mass is 32.2. The maximum Gasteiger partial charge on any atom is 0.313 e. The number of nitrogens with two attached hydrogens (primary N) is 1. The Morgan fingerprint density at radius 2 is 2.40 bits per heavy atom. The van der Waals surface area contributed by atoms with Gasteiger partial charge in [-0.3, -0.25) is 4.79 Å². The Hall–Kier alpha value is -1.27. The van der Waals surface area contributed by atoms with Gasteiger partial charge in [0.2, 0.25) is 0 Å². The van der Waals surface area contributed by atoms with Crippen LogP contribution in [0.2, 0.25) is 0 Å². The first-order valence-corrected chi connectivity index (χ1v) is 5.96. The van der Waals surface area contributed by atoms with E-state index in [-0.39, 0.29) is 5.75 Å². The molecule has 0 spiro atoms. The zero-order chi connectivity index (χ0) is 10.8. The van der Waals surface area contributed by atoms with Crippen molar-refractivity contribution in [3.8, 4) is 0 Å². The van der Waals surface area contributed by atoms with Gasteiger partial charge in [0.15, 0.2) is 4.34 Å². The lowest BCUT2D eigenvalue weighted by Gasteiger charge is -1.89. The molecule has 1 aromatic heterocycles. The minimum Gasteiger partial charge on any atom is -0.481 e. The number of nitrogen functional groups attached to an aromatic ring is 1. The largest absolute Gasteiger partial charge is 0.481 e. The number of hydrogen-bond acceptors (Lipinski definition) is 5. The summed E-state index contributed by atoms with van der Waals surface area (Å²) < 4.78 is 1.79. The number of benzene rings is 1. The van der Waals surface area contributed by atoms with E-state index in [9.17, 15) is 4.79 Å². The first-order chi connectivity index (χ1) is 7.15. The van der Waals surface area contributed by atoms with Gasteiger partial charge in [-0.05, 0) is 18.2 Å². The van der Waals surface area contributed by atoms with Gasteiger partial charge in [-0.25, -0.2) is 4.98 Å². The highest BCUT2D eigenvalue weighted by Crippen LogP contribution is 2.30. The second-order valence-electron chi connectivity index (χ2n) is 2.89. The molecule has 0 aliphatic heterocycles. The number of fused-ring (bicyclic) bond motifs is 1. The summed E-state index contributed by atoms with van der Waals surface area (Å²) in [4.78, 5) is 14.7. The minimum atomic E-state index is -0.834. The molecule has 0 bridgehead atoms. The fraction of sp³-hybridized carbons (Fsp3) is 0.111. The highest BCUT2D eigenvalue weighted by molar-refractivity contribution is 8.01. The molecule has 1 heterocycles. The van der Waals surface area contributed by atoms with E-state index < -0.39 is 5.97 Å². The van der Waals surface area contributed by atoms with E-state index in [4.69, 9.17) is 10.8 Å². The summed E-state index contributed by atoms with van der Waals surface area (Å²) in [6.07, 6.45) is 0. The van der Waals surface area contributed by atoms with Crippen LogP contribution in [-0.4, -0.2) is 21.8 Å². The lowest BCUT2D eigenvalue weighted by molar-refractivity contribution is -0.133. The second-order valence-corrected chi connectivity index (χ2v) is 5.14. The number of thioether (sulfide) groups is 1. The lowest BCUT2D eigenvalue weighted by Crippen LogP contribution is -1.96. The number of rotatable bonds is 3. The Morgan fingerprint density at radius 1 is 1.60 bits per heavy atom. The SMILES string of the molecule is Nc1ccc2sc(SCC(=O)O)nc2c1. The lowest BCUT2D eigenvalue weighted by atomic mass is 10.3. The van der Waals surface area contributed by atoms with Crippen LogP contribution in [0.4, 0.5) is 5.69 Å². The Morgan fingerprint density at radius 3 is 3.13 bits per heavy atom. The highest BCUT2D eigenvalue weighted by Gasteiger charge is 2.06. The smallest absolute Gasteiger partial charge is 0.313 e. The van der Waals surface area contributed by atoms with E-state index in [1.165, 1.54) is 23.1 Å². The monoisotopic (exact) mass is 240 g/mol. The maximum atomic E-state index is 10.4. The molecule has 0 atom stereocenters. The van der Waals surface area contributed by atoms with Crippen LogP contribution in [0.1, 0.15) is 0 Å². The van der Waals surface area contributed by atoms with Crippen molar-refractivity contribution in [2.24, 2.45) is 0 Å². The van der Waals surface area contributed by atoms with Crippen LogP contribution in [0.25, 0.3) is 10.2 Å². The van der Waals surface area contributed by atoms with Crippen LogP contribution in [-0.2, 0) is 4.79 Å². The van der Waals surface area contributed by atoms with Crippen LogP contribution in [0.5, 0.6) is 0 Å². The van der Waals surface area contributed by atoms with Gasteiger partial charge < -0.3 is 10.8 Å². The molecule has 0 amide bonds. The van der Waals surface area contributed by atoms with Crippen LogP contribution in [0.3, 0.4) is 0 Å². The molecule has 2 aromatic rings. The molecule has 0 radical (unpaired) electrons. The predicted molar refractivity (Wildman–Crippen MR) is 62.4 cm³/mol. The van der Waals surface area contributed by atoms with Crippen molar-refractivity contribution < 1.29 is 9.90 Å². The summed E-state index contributed by atoms with van der Waals surface area (Å²) >= 11 is 2.71. The topological polar surface area (TPSA) is 76.2 Å². The number of anilines is 1. The third kappa shape index (κ3) is 2.40. The molecular weight excluding hydrogens is 232 g/mol. The third-order valence-corrected chi connectivity index (χ3v) is 3.88. The van der Waals surface area contributed by atoms with E-state index >= 15 is 0 Å². The molecule has 6 heteroatoms. The third-order valence-electron chi connectivity index (χ3n) is 1.71. The zero-order valence-corrected chi connectivity index (χ0v) is 9.27. The van der Waals surface area contributed by atoms with Crippen LogP contribution in [0.15, 0.2) is 22.5 Å². The van der Waals surface area contributed by atoms with Crippen molar-refractivity contribution in [3.05, 3.63) is 18.2 Å². The van der Waals surface area contributed by atoms with Gasteiger partial charge in [0, 0.05) is 5.69 Å². The Kier molecular flexibility index (Phi) is 2.79. The predicted octanol–water partition coefficient (Wildman–Crippen LogP) is 2.06. The van der Waals surface area contributed by atoms with E-state index in [1.807, 2.05) is 12.1 Å². The van der Waals surface area contributed by atoms with E-state index in [0.29, 0.717) is 5.69 Å². The molecule has 0 saturated heterocycles. The maximum absolute atomic E-state index is 10.4. The average Bonchev–Trinajstić information content (AvgIpc) is 2.56. The molecule has 2 rings (SSSR count). The second kappa shape index (κ2) is 4.08. The van der Waals surface area contributed by atoms with Gasteiger partial charge in [0.1, 0.15) is 0 Å². The summed E-state index contributed by atoms with van der Waals surface area (Å²) in [6, 6.07) is 5.50. The molecule has 0 unspecified atom stereocenters. The molecule has 78 valence electrons. The standard InChI is InChI=1S/C9H8N2O2S2/c10-5-1-2-7-6(3-5)11-9(15-7)14-4-8(12)13/h1-3H,4,10H2,(H,12,13). The van der Waals surface area contributed by atoms with Crippen LogP contribution in [0, 0.1) is 0 Å².